The Morgan fingerprint density at radius 3 is 1.51 bits per heavy atom. The number of hydrogen-bond acceptors (Lipinski definition) is 3. The van der Waals surface area contributed by atoms with E-state index < -0.39 is 0 Å². The normalized spacial score (nSPS) is 11.3. The summed E-state index contributed by atoms with van der Waals surface area (Å²) in [6.07, 6.45) is 3.59. The Hall–Kier alpha value is -6.65. The molecule has 6 aromatic carbocycles. The van der Waals surface area contributed by atoms with Gasteiger partial charge in [0.05, 0.1) is 22.4 Å². The lowest BCUT2D eigenvalue weighted by molar-refractivity contribution is 1.17. The number of nitrogens with zero attached hydrogens (tertiary/aromatic N) is 4. The highest BCUT2D eigenvalue weighted by molar-refractivity contribution is 6.09. The minimum Gasteiger partial charge on any atom is -0.309 e. The molecule has 9 aromatic rings. The highest BCUT2D eigenvalue weighted by Crippen LogP contribution is 2.35. The molecule has 230 valence electrons. The van der Waals surface area contributed by atoms with E-state index in [0.29, 0.717) is 5.82 Å². The van der Waals surface area contributed by atoms with Crippen molar-refractivity contribution in [3.8, 4) is 61.8 Å². The number of rotatable bonds is 6. The van der Waals surface area contributed by atoms with Crippen molar-refractivity contribution in [1.29, 1.82) is 0 Å². The summed E-state index contributed by atoms with van der Waals surface area (Å²) in [5.74, 6) is 0.643. The number of aromatic nitrogens is 4. The van der Waals surface area contributed by atoms with Crippen molar-refractivity contribution in [1.82, 2.24) is 19.5 Å². The highest BCUT2D eigenvalue weighted by atomic mass is 15.0. The molecule has 49 heavy (non-hydrogen) atoms. The molecule has 3 aromatic heterocycles. The van der Waals surface area contributed by atoms with Gasteiger partial charge in [-0.2, -0.15) is 0 Å². The van der Waals surface area contributed by atoms with Crippen molar-refractivity contribution in [3.05, 3.63) is 182 Å². The first-order chi connectivity index (χ1) is 24.3. The lowest BCUT2D eigenvalue weighted by atomic mass is 9.99. The van der Waals surface area contributed by atoms with Gasteiger partial charge in [-0.05, 0) is 76.9 Å². The van der Waals surface area contributed by atoms with Crippen LogP contribution >= 0.6 is 0 Å². The summed E-state index contributed by atoms with van der Waals surface area (Å²) in [6.45, 7) is 0. The standard InChI is InChI=1S/C45H30N4/c1-2-12-31(13-3-1)32-14-8-17-35(26-32)41-29-42(48-45(47-41)37-19-11-25-46-30-37)36-18-9-15-33(27-36)34-16-10-20-38(28-34)49-43-23-6-4-21-39(43)40-22-5-7-24-44(40)49/h1-30H. The summed E-state index contributed by atoms with van der Waals surface area (Å²) in [6, 6.07) is 59.7. The number of para-hydroxylation sites is 2. The van der Waals surface area contributed by atoms with Crippen LogP contribution in [0.5, 0.6) is 0 Å². The molecule has 0 atom stereocenters. The summed E-state index contributed by atoms with van der Waals surface area (Å²) in [7, 11) is 0. The molecule has 0 bridgehead atoms. The fourth-order valence-electron chi connectivity index (χ4n) is 6.74. The van der Waals surface area contributed by atoms with E-state index in [2.05, 4.69) is 161 Å². The molecule has 0 saturated heterocycles. The van der Waals surface area contributed by atoms with Crippen molar-refractivity contribution < 1.29 is 0 Å². The van der Waals surface area contributed by atoms with E-state index in [1.54, 1.807) is 6.20 Å². The van der Waals surface area contributed by atoms with Crippen LogP contribution in [0.15, 0.2) is 182 Å². The van der Waals surface area contributed by atoms with Crippen LogP contribution in [0.4, 0.5) is 0 Å². The van der Waals surface area contributed by atoms with Gasteiger partial charge in [0, 0.05) is 45.5 Å². The Balaban J connectivity index is 1.15. The van der Waals surface area contributed by atoms with Gasteiger partial charge in [-0.25, -0.2) is 9.97 Å². The van der Waals surface area contributed by atoms with Gasteiger partial charge in [-0.15, -0.1) is 0 Å². The fraction of sp³-hybridized carbons (Fsp3) is 0. The third-order valence-corrected chi connectivity index (χ3v) is 9.09. The van der Waals surface area contributed by atoms with Crippen molar-refractivity contribution >= 4 is 21.8 Å². The lowest BCUT2D eigenvalue weighted by Crippen LogP contribution is -1.97. The average Bonchev–Trinajstić information content (AvgIpc) is 3.53. The first kappa shape index (κ1) is 28.6. The van der Waals surface area contributed by atoms with E-state index in [9.17, 15) is 0 Å². The zero-order chi connectivity index (χ0) is 32.6. The maximum atomic E-state index is 5.09. The molecule has 3 heterocycles. The third kappa shape index (κ3) is 5.35. The van der Waals surface area contributed by atoms with Crippen LogP contribution in [-0.2, 0) is 0 Å². The van der Waals surface area contributed by atoms with Gasteiger partial charge in [0.15, 0.2) is 5.82 Å². The van der Waals surface area contributed by atoms with E-state index >= 15 is 0 Å². The molecule has 0 spiro atoms. The molecule has 0 amide bonds. The van der Waals surface area contributed by atoms with Gasteiger partial charge >= 0.3 is 0 Å². The molecule has 0 N–H and O–H groups in total. The van der Waals surface area contributed by atoms with E-state index in [0.717, 1.165) is 50.5 Å². The summed E-state index contributed by atoms with van der Waals surface area (Å²) in [4.78, 5) is 14.5. The molecule has 0 unspecified atom stereocenters. The molecular weight excluding hydrogens is 597 g/mol. The second kappa shape index (κ2) is 12.2. The Morgan fingerprint density at radius 1 is 0.367 bits per heavy atom. The molecule has 0 saturated carbocycles. The van der Waals surface area contributed by atoms with E-state index in [-0.39, 0.29) is 0 Å². The summed E-state index contributed by atoms with van der Waals surface area (Å²) in [5.41, 5.74) is 12.7. The molecule has 0 aliphatic rings. The predicted molar refractivity (Wildman–Crippen MR) is 201 cm³/mol. The topological polar surface area (TPSA) is 43.6 Å². The van der Waals surface area contributed by atoms with Gasteiger partial charge in [0.25, 0.3) is 0 Å². The zero-order valence-corrected chi connectivity index (χ0v) is 26.6. The van der Waals surface area contributed by atoms with Crippen LogP contribution in [0.1, 0.15) is 0 Å². The first-order valence-corrected chi connectivity index (χ1v) is 16.4. The molecule has 4 heteroatoms. The van der Waals surface area contributed by atoms with Crippen LogP contribution in [0, 0.1) is 0 Å². The lowest BCUT2D eigenvalue weighted by Gasteiger charge is -2.12. The summed E-state index contributed by atoms with van der Waals surface area (Å²) < 4.78 is 2.36. The number of benzene rings is 6. The molecule has 0 radical (unpaired) electrons. The molecule has 0 fully saturated rings. The molecule has 0 aliphatic heterocycles. The van der Waals surface area contributed by atoms with Gasteiger partial charge < -0.3 is 4.57 Å². The number of fused-ring (bicyclic) bond motifs is 3. The molecule has 0 aliphatic carbocycles. The minimum absolute atomic E-state index is 0.643. The fourth-order valence-corrected chi connectivity index (χ4v) is 6.74. The van der Waals surface area contributed by atoms with Crippen LogP contribution in [0.3, 0.4) is 0 Å². The first-order valence-electron chi connectivity index (χ1n) is 16.4. The van der Waals surface area contributed by atoms with Crippen LogP contribution in [-0.4, -0.2) is 19.5 Å². The Bertz CT molecular complexity index is 2550. The Kier molecular flexibility index (Phi) is 7.10. The van der Waals surface area contributed by atoms with Crippen molar-refractivity contribution in [2.45, 2.75) is 0 Å². The molecule has 4 nitrogen and oxygen atoms in total. The van der Waals surface area contributed by atoms with Crippen molar-refractivity contribution in [2.75, 3.05) is 0 Å². The zero-order valence-electron chi connectivity index (χ0n) is 26.6. The van der Waals surface area contributed by atoms with Crippen molar-refractivity contribution in [3.63, 3.8) is 0 Å². The largest absolute Gasteiger partial charge is 0.309 e. The van der Waals surface area contributed by atoms with Crippen LogP contribution in [0.25, 0.3) is 83.6 Å². The van der Waals surface area contributed by atoms with Crippen molar-refractivity contribution in [2.24, 2.45) is 0 Å². The van der Waals surface area contributed by atoms with E-state index in [1.807, 2.05) is 24.4 Å². The Labute approximate surface area is 284 Å². The highest BCUT2D eigenvalue weighted by Gasteiger charge is 2.14. The maximum Gasteiger partial charge on any atom is 0.161 e. The predicted octanol–water partition coefficient (Wildman–Crippen LogP) is 11.3. The second-order valence-corrected chi connectivity index (χ2v) is 12.2. The number of hydrogen-bond donors (Lipinski definition) is 0. The van der Waals surface area contributed by atoms with Crippen LogP contribution in [0.2, 0.25) is 0 Å². The van der Waals surface area contributed by atoms with Crippen LogP contribution < -0.4 is 0 Å². The van der Waals surface area contributed by atoms with Gasteiger partial charge in [-0.1, -0.05) is 115 Å². The van der Waals surface area contributed by atoms with Gasteiger partial charge in [-0.3, -0.25) is 4.98 Å². The smallest absolute Gasteiger partial charge is 0.161 e. The monoisotopic (exact) mass is 626 g/mol. The molecular formula is C45H30N4. The SMILES string of the molecule is c1ccc(-c2cccc(-c3cc(-c4cccc(-c5cccc(-n6c7ccccc7c7ccccc76)c5)c4)nc(-c4cccnc4)n3)c2)cc1. The summed E-state index contributed by atoms with van der Waals surface area (Å²) >= 11 is 0. The Morgan fingerprint density at radius 2 is 0.878 bits per heavy atom. The van der Waals surface area contributed by atoms with Gasteiger partial charge in [0.2, 0.25) is 0 Å². The van der Waals surface area contributed by atoms with Gasteiger partial charge in [0.1, 0.15) is 0 Å². The maximum absolute atomic E-state index is 5.09. The quantitative estimate of drug-likeness (QED) is 0.184. The molecule has 9 rings (SSSR count). The van der Waals surface area contributed by atoms with E-state index in [4.69, 9.17) is 9.97 Å². The average molecular weight is 627 g/mol. The number of pyridine rings is 1. The van der Waals surface area contributed by atoms with E-state index in [1.165, 1.54) is 27.4 Å². The second-order valence-electron chi connectivity index (χ2n) is 12.2. The minimum atomic E-state index is 0.643. The summed E-state index contributed by atoms with van der Waals surface area (Å²) in [5, 5.41) is 2.51. The third-order valence-electron chi connectivity index (χ3n) is 9.09.